The number of hydrogen-bond acceptors (Lipinski definition) is 3. The maximum absolute atomic E-state index is 12.6. The molecule has 5 heteroatoms. The molecule has 0 radical (unpaired) electrons. The van der Waals surface area contributed by atoms with Crippen LogP contribution in [0.5, 0.6) is 0 Å². The number of likely N-dealkylation sites (N-methyl/N-ethyl adjacent to an activating group) is 1. The second kappa shape index (κ2) is 7.77. The van der Waals surface area contributed by atoms with Crippen molar-refractivity contribution in [2.24, 2.45) is 0 Å². The number of anilines is 1. The topological polar surface area (TPSA) is 57.3 Å². The zero-order valence-corrected chi connectivity index (χ0v) is 14.4. The van der Waals surface area contributed by atoms with Crippen LogP contribution in [0.25, 0.3) is 10.8 Å². The maximum Gasteiger partial charge on any atom is 0.319 e. The van der Waals surface area contributed by atoms with Crippen LogP contribution < -0.4 is 10.6 Å². The number of hydrogen-bond donors (Lipinski definition) is 2. The highest BCUT2D eigenvalue weighted by Crippen LogP contribution is 2.22. The molecule has 1 aromatic heterocycles. The summed E-state index contributed by atoms with van der Waals surface area (Å²) in [6.07, 6.45) is 3.52. The number of fused-ring (bicyclic) bond motifs is 1. The number of nitrogens with one attached hydrogen (secondary N) is 2. The van der Waals surface area contributed by atoms with Gasteiger partial charge in [-0.15, -0.1) is 0 Å². The summed E-state index contributed by atoms with van der Waals surface area (Å²) in [5.41, 5.74) is 1.85. The number of carbonyl (C=O) groups excluding carboxylic acids is 1. The average Bonchev–Trinajstić information content (AvgIpc) is 2.62. The van der Waals surface area contributed by atoms with E-state index in [1.807, 2.05) is 68.7 Å². The van der Waals surface area contributed by atoms with E-state index in [1.165, 1.54) is 0 Å². The fraction of sp³-hybridized carbons (Fsp3) is 0.200. The fourth-order valence-electron chi connectivity index (χ4n) is 2.83. The lowest BCUT2D eigenvalue weighted by atomic mass is 10.1. The van der Waals surface area contributed by atoms with Gasteiger partial charge in [0, 0.05) is 29.7 Å². The van der Waals surface area contributed by atoms with Gasteiger partial charge in [0.15, 0.2) is 0 Å². The van der Waals surface area contributed by atoms with Crippen LogP contribution in [0.4, 0.5) is 10.5 Å². The van der Waals surface area contributed by atoms with Crippen molar-refractivity contribution >= 4 is 22.5 Å². The first-order chi connectivity index (χ1) is 12.1. The van der Waals surface area contributed by atoms with E-state index < -0.39 is 0 Å². The number of rotatable bonds is 5. The van der Waals surface area contributed by atoms with Crippen molar-refractivity contribution in [2.45, 2.75) is 6.04 Å². The van der Waals surface area contributed by atoms with Crippen LogP contribution in [-0.4, -0.2) is 36.6 Å². The second-order valence-electron chi connectivity index (χ2n) is 6.23. The van der Waals surface area contributed by atoms with Crippen molar-refractivity contribution < 1.29 is 4.79 Å². The van der Waals surface area contributed by atoms with E-state index in [0.717, 1.165) is 28.6 Å². The Hall–Kier alpha value is -2.92. The van der Waals surface area contributed by atoms with E-state index in [9.17, 15) is 4.79 Å². The molecule has 3 aromatic rings. The van der Waals surface area contributed by atoms with Crippen LogP contribution in [0.1, 0.15) is 11.6 Å². The summed E-state index contributed by atoms with van der Waals surface area (Å²) in [6, 6.07) is 17.4. The SMILES string of the molecule is CN(C)CC(NC(=O)Nc1cccc2cnccc12)c1ccccc1. The molecule has 0 aliphatic heterocycles. The Labute approximate surface area is 147 Å². The van der Waals surface area contributed by atoms with Crippen molar-refractivity contribution in [3.63, 3.8) is 0 Å². The van der Waals surface area contributed by atoms with E-state index in [1.54, 1.807) is 12.4 Å². The molecule has 3 rings (SSSR count). The van der Waals surface area contributed by atoms with Gasteiger partial charge < -0.3 is 15.5 Å². The smallest absolute Gasteiger partial charge is 0.319 e. The van der Waals surface area contributed by atoms with E-state index in [2.05, 4.69) is 20.5 Å². The molecule has 25 heavy (non-hydrogen) atoms. The van der Waals surface area contributed by atoms with Gasteiger partial charge in [-0.3, -0.25) is 4.98 Å². The Balaban J connectivity index is 1.77. The summed E-state index contributed by atoms with van der Waals surface area (Å²) in [4.78, 5) is 18.7. The number of nitrogens with zero attached hydrogens (tertiary/aromatic N) is 2. The van der Waals surface area contributed by atoms with Crippen molar-refractivity contribution in [1.82, 2.24) is 15.2 Å². The van der Waals surface area contributed by atoms with Gasteiger partial charge in [0.1, 0.15) is 0 Å². The minimum Gasteiger partial charge on any atom is -0.330 e. The molecule has 0 aliphatic rings. The predicted molar refractivity (Wildman–Crippen MR) is 102 cm³/mol. The summed E-state index contributed by atoms with van der Waals surface area (Å²) < 4.78 is 0. The quantitative estimate of drug-likeness (QED) is 0.749. The monoisotopic (exact) mass is 334 g/mol. The highest BCUT2D eigenvalue weighted by molar-refractivity contribution is 6.01. The molecular weight excluding hydrogens is 312 g/mol. The average molecular weight is 334 g/mol. The number of urea groups is 1. The van der Waals surface area contributed by atoms with Gasteiger partial charge in [-0.25, -0.2) is 4.79 Å². The largest absolute Gasteiger partial charge is 0.330 e. The van der Waals surface area contributed by atoms with Gasteiger partial charge in [-0.05, 0) is 31.8 Å². The van der Waals surface area contributed by atoms with Crippen LogP contribution in [0.2, 0.25) is 0 Å². The van der Waals surface area contributed by atoms with Gasteiger partial charge in [0.2, 0.25) is 0 Å². The van der Waals surface area contributed by atoms with Gasteiger partial charge >= 0.3 is 6.03 Å². The van der Waals surface area contributed by atoms with Crippen LogP contribution in [0, 0.1) is 0 Å². The molecular formula is C20H22N4O. The number of benzene rings is 2. The molecule has 5 nitrogen and oxygen atoms in total. The Morgan fingerprint density at radius 2 is 1.88 bits per heavy atom. The lowest BCUT2D eigenvalue weighted by Crippen LogP contribution is -2.37. The lowest BCUT2D eigenvalue weighted by molar-refractivity contribution is 0.244. The van der Waals surface area contributed by atoms with E-state index in [4.69, 9.17) is 0 Å². The minimum absolute atomic E-state index is 0.0900. The maximum atomic E-state index is 12.6. The Morgan fingerprint density at radius 1 is 1.08 bits per heavy atom. The first-order valence-corrected chi connectivity index (χ1v) is 8.23. The third-order valence-electron chi connectivity index (χ3n) is 3.98. The summed E-state index contributed by atoms with van der Waals surface area (Å²) in [5, 5.41) is 8.00. The molecule has 1 atom stereocenters. The third kappa shape index (κ3) is 4.33. The van der Waals surface area contributed by atoms with Crippen LogP contribution in [0.3, 0.4) is 0 Å². The fourth-order valence-corrected chi connectivity index (χ4v) is 2.83. The number of aromatic nitrogens is 1. The Kier molecular flexibility index (Phi) is 5.26. The molecule has 0 aliphatic carbocycles. The predicted octanol–water partition coefficient (Wildman–Crippen LogP) is 3.66. The van der Waals surface area contributed by atoms with Crippen LogP contribution >= 0.6 is 0 Å². The Bertz CT molecular complexity index is 843. The molecule has 1 heterocycles. The van der Waals surface area contributed by atoms with Gasteiger partial charge in [-0.2, -0.15) is 0 Å². The first-order valence-electron chi connectivity index (χ1n) is 8.23. The molecule has 0 saturated heterocycles. The standard InChI is InChI=1S/C20H22N4O/c1-24(2)14-19(15-7-4-3-5-8-15)23-20(25)22-18-10-6-9-16-13-21-12-11-17(16)18/h3-13,19H,14H2,1-2H3,(H2,22,23,25). The van der Waals surface area contributed by atoms with Crippen molar-refractivity contribution in [3.05, 3.63) is 72.6 Å². The zero-order chi connectivity index (χ0) is 17.6. The summed E-state index contributed by atoms with van der Waals surface area (Å²) >= 11 is 0. The van der Waals surface area contributed by atoms with Gasteiger partial charge in [0.05, 0.1) is 11.7 Å². The molecule has 0 fully saturated rings. The van der Waals surface area contributed by atoms with Crippen molar-refractivity contribution in [2.75, 3.05) is 26.0 Å². The van der Waals surface area contributed by atoms with Crippen LogP contribution in [-0.2, 0) is 0 Å². The minimum atomic E-state index is -0.222. The van der Waals surface area contributed by atoms with Gasteiger partial charge in [-0.1, -0.05) is 42.5 Å². The van der Waals surface area contributed by atoms with E-state index >= 15 is 0 Å². The number of pyridine rings is 1. The van der Waals surface area contributed by atoms with E-state index in [0.29, 0.717) is 0 Å². The molecule has 0 saturated carbocycles. The Morgan fingerprint density at radius 3 is 2.64 bits per heavy atom. The highest BCUT2D eigenvalue weighted by Gasteiger charge is 2.16. The molecule has 128 valence electrons. The molecule has 2 N–H and O–H groups in total. The van der Waals surface area contributed by atoms with Crippen LogP contribution in [0.15, 0.2) is 67.0 Å². The summed E-state index contributed by atoms with van der Waals surface area (Å²) in [6.45, 7) is 0.719. The van der Waals surface area contributed by atoms with Crippen molar-refractivity contribution in [3.8, 4) is 0 Å². The molecule has 2 aromatic carbocycles. The third-order valence-corrected chi connectivity index (χ3v) is 3.98. The second-order valence-corrected chi connectivity index (χ2v) is 6.23. The van der Waals surface area contributed by atoms with Gasteiger partial charge in [0.25, 0.3) is 0 Å². The van der Waals surface area contributed by atoms with Crippen molar-refractivity contribution in [1.29, 1.82) is 0 Å². The lowest BCUT2D eigenvalue weighted by Gasteiger charge is -2.23. The molecule has 0 spiro atoms. The number of carbonyl (C=O) groups is 1. The normalized spacial score (nSPS) is 12.1. The molecule has 2 amide bonds. The summed E-state index contributed by atoms with van der Waals surface area (Å²) in [7, 11) is 3.99. The molecule has 0 bridgehead atoms. The highest BCUT2D eigenvalue weighted by atomic mass is 16.2. The number of amides is 2. The molecule has 1 unspecified atom stereocenters. The zero-order valence-electron chi connectivity index (χ0n) is 14.4. The first kappa shape index (κ1) is 16.9. The van der Waals surface area contributed by atoms with E-state index in [-0.39, 0.29) is 12.1 Å². The summed E-state index contributed by atoms with van der Waals surface area (Å²) in [5.74, 6) is 0.